The van der Waals surface area contributed by atoms with Gasteiger partial charge in [0.2, 0.25) is 0 Å². The zero-order valence-corrected chi connectivity index (χ0v) is 13.8. The van der Waals surface area contributed by atoms with Crippen LogP contribution in [0, 0.1) is 0 Å². The number of likely N-dealkylation sites (N-methyl/N-ethyl adjacent to an activating group) is 1. The molecule has 1 fully saturated rings. The molecular formula is C18H30N2. The van der Waals surface area contributed by atoms with E-state index in [0.29, 0.717) is 18.0 Å². The van der Waals surface area contributed by atoms with Crippen molar-refractivity contribution in [2.75, 3.05) is 26.2 Å². The highest BCUT2D eigenvalue weighted by atomic mass is 15.3. The van der Waals surface area contributed by atoms with E-state index in [0.717, 1.165) is 6.54 Å². The average Bonchev–Trinajstić information content (AvgIpc) is 2.46. The molecule has 1 unspecified atom stereocenters. The van der Waals surface area contributed by atoms with Crippen molar-refractivity contribution in [2.24, 2.45) is 0 Å². The topological polar surface area (TPSA) is 6.48 Å². The number of hydrogen-bond donors (Lipinski definition) is 0. The van der Waals surface area contributed by atoms with Crippen molar-refractivity contribution in [2.45, 2.75) is 52.6 Å². The van der Waals surface area contributed by atoms with Crippen LogP contribution in [0.4, 0.5) is 0 Å². The number of rotatable bonds is 4. The molecule has 1 aliphatic heterocycles. The molecule has 1 atom stereocenters. The molecule has 0 saturated carbocycles. The maximum Gasteiger partial charge on any atom is 0.0481 e. The highest BCUT2D eigenvalue weighted by Gasteiger charge is 2.30. The van der Waals surface area contributed by atoms with Crippen molar-refractivity contribution in [1.29, 1.82) is 0 Å². The Balaban J connectivity index is 2.35. The van der Waals surface area contributed by atoms with Crippen LogP contribution in [0.25, 0.3) is 0 Å². The first-order valence-corrected chi connectivity index (χ1v) is 8.11. The molecule has 2 heteroatoms. The van der Waals surface area contributed by atoms with Crippen LogP contribution >= 0.6 is 0 Å². The molecule has 20 heavy (non-hydrogen) atoms. The number of hydrogen-bond acceptors (Lipinski definition) is 2. The van der Waals surface area contributed by atoms with Crippen LogP contribution in [-0.2, 0) is 0 Å². The minimum Gasteiger partial charge on any atom is -0.300 e. The highest BCUT2D eigenvalue weighted by molar-refractivity contribution is 5.33. The van der Waals surface area contributed by atoms with Crippen LogP contribution < -0.4 is 0 Å². The van der Waals surface area contributed by atoms with E-state index in [9.17, 15) is 0 Å². The lowest BCUT2D eigenvalue weighted by Gasteiger charge is -2.44. The minimum atomic E-state index is 0.544. The number of nitrogens with zero attached hydrogens (tertiary/aromatic N) is 2. The maximum absolute atomic E-state index is 2.67. The molecule has 0 bridgehead atoms. The van der Waals surface area contributed by atoms with Gasteiger partial charge in [0.15, 0.2) is 0 Å². The minimum absolute atomic E-state index is 0.544. The second-order valence-corrected chi connectivity index (χ2v) is 6.52. The fourth-order valence-electron chi connectivity index (χ4n) is 3.38. The smallest absolute Gasteiger partial charge is 0.0481 e. The van der Waals surface area contributed by atoms with Gasteiger partial charge in [-0.3, -0.25) is 4.90 Å². The molecule has 0 amide bonds. The van der Waals surface area contributed by atoms with E-state index in [4.69, 9.17) is 0 Å². The molecule has 1 aromatic rings. The molecule has 0 N–H and O–H groups in total. The Morgan fingerprint density at radius 1 is 1.10 bits per heavy atom. The summed E-state index contributed by atoms with van der Waals surface area (Å²) in [5.41, 5.74) is 3.05. The van der Waals surface area contributed by atoms with Crippen LogP contribution in [0.2, 0.25) is 0 Å². The van der Waals surface area contributed by atoms with Gasteiger partial charge >= 0.3 is 0 Å². The molecule has 1 aliphatic rings. The summed E-state index contributed by atoms with van der Waals surface area (Å²) in [4.78, 5) is 5.26. The average molecular weight is 274 g/mol. The van der Waals surface area contributed by atoms with Gasteiger partial charge in [0.25, 0.3) is 0 Å². The Hall–Kier alpha value is -0.860. The zero-order chi connectivity index (χ0) is 14.7. The monoisotopic (exact) mass is 274 g/mol. The van der Waals surface area contributed by atoms with Crippen LogP contribution in [0.5, 0.6) is 0 Å². The van der Waals surface area contributed by atoms with Crippen LogP contribution in [0.15, 0.2) is 24.3 Å². The quantitative estimate of drug-likeness (QED) is 0.821. The van der Waals surface area contributed by atoms with E-state index in [2.05, 4.69) is 68.7 Å². The summed E-state index contributed by atoms with van der Waals surface area (Å²) in [7, 11) is 0. The van der Waals surface area contributed by atoms with Crippen molar-refractivity contribution in [3.63, 3.8) is 0 Å². The fourth-order valence-corrected chi connectivity index (χ4v) is 3.38. The normalized spacial score (nSPS) is 21.9. The van der Waals surface area contributed by atoms with E-state index < -0.39 is 0 Å². The third-order valence-electron chi connectivity index (χ3n) is 4.59. The molecule has 2 nitrogen and oxygen atoms in total. The maximum atomic E-state index is 2.67. The standard InChI is InChI=1S/C18H30N2/c1-6-19-11-12-20(15(4)5)18(13-19)17-10-8-7-9-16(17)14(2)3/h7-10,14-15,18H,6,11-13H2,1-5H3. The van der Waals surface area contributed by atoms with Gasteiger partial charge in [0.1, 0.15) is 0 Å². The summed E-state index contributed by atoms with van der Waals surface area (Å²) < 4.78 is 0. The molecule has 0 spiro atoms. The third kappa shape index (κ3) is 3.24. The third-order valence-corrected chi connectivity index (χ3v) is 4.59. The van der Waals surface area contributed by atoms with Gasteiger partial charge in [-0.15, -0.1) is 0 Å². The molecule has 0 aromatic heterocycles. The second-order valence-electron chi connectivity index (χ2n) is 6.52. The van der Waals surface area contributed by atoms with Crippen LogP contribution in [-0.4, -0.2) is 42.0 Å². The number of piperazine rings is 1. The molecule has 1 heterocycles. The SMILES string of the molecule is CCN1CCN(C(C)C)C(c2ccccc2C(C)C)C1. The van der Waals surface area contributed by atoms with E-state index in [-0.39, 0.29) is 0 Å². The lowest BCUT2D eigenvalue weighted by Crippen LogP contribution is -2.50. The predicted molar refractivity (Wildman–Crippen MR) is 87.2 cm³/mol. The highest BCUT2D eigenvalue weighted by Crippen LogP contribution is 2.32. The lowest BCUT2D eigenvalue weighted by atomic mass is 9.90. The van der Waals surface area contributed by atoms with E-state index in [1.807, 2.05) is 0 Å². The molecule has 1 saturated heterocycles. The van der Waals surface area contributed by atoms with Crippen LogP contribution in [0.1, 0.15) is 57.7 Å². The summed E-state index contributed by atoms with van der Waals surface area (Å²) in [6.07, 6.45) is 0. The number of benzene rings is 1. The van der Waals surface area contributed by atoms with Crippen molar-refractivity contribution in [3.05, 3.63) is 35.4 Å². The zero-order valence-electron chi connectivity index (χ0n) is 13.8. The Labute approximate surface area is 124 Å². The lowest BCUT2D eigenvalue weighted by molar-refractivity contribution is 0.0529. The largest absolute Gasteiger partial charge is 0.300 e. The first-order valence-electron chi connectivity index (χ1n) is 8.11. The molecule has 1 aromatic carbocycles. The summed E-state index contributed by atoms with van der Waals surface area (Å²) in [5.74, 6) is 0.595. The Morgan fingerprint density at radius 2 is 1.80 bits per heavy atom. The molecule has 2 rings (SSSR count). The Bertz CT molecular complexity index is 425. The van der Waals surface area contributed by atoms with Crippen molar-refractivity contribution < 1.29 is 0 Å². The van der Waals surface area contributed by atoms with E-state index in [1.54, 1.807) is 0 Å². The summed E-state index contributed by atoms with van der Waals surface area (Å²) >= 11 is 0. The van der Waals surface area contributed by atoms with Crippen LogP contribution in [0.3, 0.4) is 0 Å². The van der Waals surface area contributed by atoms with Gasteiger partial charge in [-0.2, -0.15) is 0 Å². The second kappa shape index (κ2) is 6.73. The Kier molecular flexibility index (Phi) is 5.22. The van der Waals surface area contributed by atoms with Gasteiger partial charge in [-0.25, -0.2) is 0 Å². The van der Waals surface area contributed by atoms with Gasteiger partial charge in [0, 0.05) is 31.7 Å². The molecule has 112 valence electrons. The van der Waals surface area contributed by atoms with Crippen molar-refractivity contribution >= 4 is 0 Å². The van der Waals surface area contributed by atoms with Gasteiger partial charge < -0.3 is 4.90 Å². The fraction of sp³-hybridized carbons (Fsp3) is 0.667. The van der Waals surface area contributed by atoms with Gasteiger partial charge in [-0.1, -0.05) is 45.0 Å². The summed E-state index contributed by atoms with van der Waals surface area (Å²) in [6, 6.07) is 10.2. The van der Waals surface area contributed by atoms with Crippen molar-refractivity contribution in [3.8, 4) is 0 Å². The first-order chi connectivity index (χ1) is 9.54. The van der Waals surface area contributed by atoms with Crippen molar-refractivity contribution in [1.82, 2.24) is 9.80 Å². The van der Waals surface area contributed by atoms with Gasteiger partial charge in [0.05, 0.1) is 0 Å². The molecular weight excluding hydrogens is 244 g/mol. The molecule has 0 radical (unpaired) electrons. The van der Waals surface area contributed by atoms with Gasteiger partial charge in [-0.05, 0) is 37.4 Å². The summed E-state index contributed by atoms with van der Waals surface area (Å²) in [6.45, 7) is 16.2. The van der Waals surface area contributed by atoms with E-state index in [1.165, 1.54) is 30.8 Å². The Morgan fingerprint density at radius 3 is 2.40 bits per heavy atom. The van der Waals surface area contributed by atoms with E-state index >= 15 is 0 Å². The first kappa shape index (κ1) is 15.5. The predicted octanol–water partition coefficient (Wildman–Crippen LogP) is 3.90. The summed E-state index contributed by atoms with van der Waals surface area (Å²) in [5, 5.41) is 0. The molecule has 0 aliphatic carbocycles.